The molecule has 7 nitrogen and oxygen atoms in total. The largest absolute Gasteiger partial charge is 0.377 e. The van der Waals surface area contributed by atoms with Gasteiger partial charge in [0.15, 0.2) is 0 Å². The lowest BCUT2D eigenvalue weighted by molar-refractivity contribution is -0.121. The Hall–Kier alpha value is -2.03. The van der Waals surface area contributed by atoms with Crippen molar-refractivity contribution >= 4 is 17.6 Å². The van der Waals surface area contributed by atoms with Crippen LogP contribution in [-0.2, 0) is 9.53 Å². The minimum absolute atomic E-state index is 0.0422. The molecule has 0 bridgehead atoms. The molecular weight excluding hydrogens is 339 g/mol. The zero-order valence-corrected chi connectivity index (χ0v) is 14.7. The number of ether oxygens (including phenoxy) is 1. The average molecular weight is 364 g/mol. The van der Waals surface area contributed by atoms with Crippen molar-refractivity contribution in [1.82, 2.24) is 15.1 Å². The van der Waals surface area contributed by atoms with E-state index < -0.39 is 17.8 Å². The first-order valence-corrected chi connectivity index (χ1v) is 9.02. The Morgan fingerprint density at radius 1 is 1.15 bits per heavy atom. The highest BCUT2D eigenvalue weighted by Gasteiger charge is 2.24. The molecule has 8 heteroatoms. The summed E-state index contributed by atoms with van der Waals surface area (Å²) in [5, 5.41) is 4.58. The Morgan fingerprint density at radius 3 is 2.58 bits per heavy atom. The third kappa shape index (κ3) is 5.48. The van der Waals surface area contributed by atoms with Gasteiger partial charge in [0.25, 0.3) is 0 Å². The second kappa shape index (κ2) is 9.07. The molecule has 142 valence electrons. The molecule has 1 aromatic rings. The maximum Gasteiger partial charge on any atom is 0.326 e. The van der Waals surface area contributed by atoms with Crippen molar-refractivity contribution < 1.29 is 18.7 Å². The van der Waals surface area contributed by atoms with E-state index in [9.17, 15) is 14.0 Å². The number of nitrogens with zero attached hydrogens (tertiary/aromatic N) is 2. The van der Waals surface area contributed by atoms with Crippen LogP contribution in [0.5, 0.6) is 0 Å². The molecule has 2 aliphatic heterocycles. The van der Waals surface area contributed by atoms with Crippen molar-refractivity contribution in [3.8, 4) is 0 Å². The van der Waals surface area contributed by atoms with Gasteiger partial charge in [-0.3, -0.25) is 19.9 Å². The van der Waals surface area contributed by atoms with Crippen LogP contribution in [0.2, 0.25) is 0 Å². The lowest BCUT2D eigenvalue weighted by Gasteiger charge is -2.35. The van der Waals surface area contributed by atoms with Crippen LogP contribution in [0.25, 0.3) is 0 Å². The van der Waals surface area contributed by atoms with Crippen LogP contribution in [0.1, 0.15) is 12.8 Å². The fraction of sp³-hybridized carbons (Fsp3) is 0.556. The van der Waals surface area contributed by atoms with Crippen LogP contribution in [0.4, 0.5) is 14.9 Å². The van der Waals surface area contributed by atoms with Gasteiger partial charge in [0.1, 0.15) is 5.82 Å². The van der Waals surface area contributed by atoms with Gasteiger partial charge in [0, 0.05) is 39.3 Å². The number of hydrogen-bond acceptors (Lipinski definition) is 5. The number of urea groups is 1. The van der Waals surface area contributed by atoms with Crippen LogP contribution in [-0.4, -0.2) is 73.7 Å². The number of anilines is 1. The van der Waals surface area contributed by atoms with E-state index in [1.54, 1.807) is 6.07 Å². The number of imide groups is 1. The Labute approximate surface area is 152 Å². The number of halogens is 1. The van der Waals surface area contributed by atoms with Gasteiger partial charge in [0.05, 0.1) is 18.3 Å². The number of carbonyl (C=O) groups excluding carboxylic acids is 2. The smallest absolute Gasteiger partial charge is 0.326 e. The summed E-state index contributed by atoms with van der Waals surface area (Å²) < 4.78 is 19.2. The molecule has 1 atom stereocenters. The molecule has 2 N–H and O–H groups in total. The van der Waals surface area contributed by atoms with Crippen molar-refractivity contribution in [3.63, 3.8) is 0 Å². The summed E-state index contributed by atoms with van der Waals surface area (Å²) in [5.41, 5.74) is 0.0422. The maximum absolute atomic E-state index is 13.5. The van der Waals surface area contributed by atoms with Crippen molar-refractivity contribution in [3.05, 3.63) is 30.1 Å². The van der Waals surface area contributed by atoms with E-state index in [1.165, 1.54) is 18.2 Å². The molecule has 1 aromatic carbocycles. The summed E-state index contributed by atoms with van der Waals surface area (Å²) in [6.07, 6.45) is 2.60. The molecule has 26 heavy (non-hydrogen) atoms. The fourth-order valence-corrected chi connectivity index (χ4v) is 3.29. The molecule has 1 unspecified atom stereocenters. The van der Waals surface area contributed by atoms with Gasteiger partial charge in [-0.1, -0.05) is 12.1 Å². The number of piperazine rings is 1. The highest BCUT2D eigenvalue weighted by molar-refractivity contribution is 6.01. The van der Waals surface area contributed by atoms with Crippen molar-refractivity contribution in [2.24, 2.45) is 0 Å². The molecule has 2 fully saturated rings. The lowest BCUT2D eigenvalue weighted by atomic mass is 10.2. The first-order valence-electron chi connectivity index (χ1n) is 9.02. The zero-order chi connectivity index (χ0) is 18.4. The highest BCUT2D eigenvalue weighted by Crippen LogP contribution is 2.14. The van der Waals surface area contributed by atoms with Gasteiger partial charge in [-0.25, -0.2) is 9.18 Å². The monoisotopic (exact) mass is 364 g/mol. The predicted molar refractivity (Wildman–Crippen MR) is 95.4 cm³/mol. The van der Waals surface area contributed by atoms with E-state index in [4.69, 9.17) is 4.74 Å². The van der Waals surface area contributed by atoms with Gasteiger partial charge in [-0.15, -0.1) is 0 Å². The number of carbonyl (C=O) groups is 2. The van der Waals surface area contributed by atoms with Gasteiger partial charge in [-0.05, 0) is 25.0 Å². The van der Waals surface area contributed by atoms with Gasteiger partial charge < -0.3 is 10.1 Å². The van der Waals surface area contributed by atoms with Crippen LogP contribution < -0.4 is 10.6 Å². The number of hydrogen-bond donors (Lipinski definition) is 2. The van der Waals surface area contributed by atoms with Gasteiger partial charge in [-0.2, -0.15) is 0 Å². The zero-order valence-electron chi connectivity index (χ0n) is 14.7. The second-order valence-electron chi connectivity index (χ2n) is 6.69. The minimum atomic E-state index is -0.725. The molecule has 0 aliphatic carbocycles. The predicted octanol–water partition coefficient (Wildman–Crippen LogP) is 1.27. The first kappa shape index (κ1) is 18.8. The molecule has 0 radical (unpaired) electrons. The van der Waals surface area contributed by atoms with Crippen LogP contribution in [0.3, 0.4) is 0 Å². The molecule has 3 rings (SSSR count). The molecule has 2 aliphatic rings. The quantitative estimate of drug-likeness (QED) is 0.823. The topological polar surface area (TPSA) is 73.9 Å². The maximum atomic E-state index is 13.5. The summed E-state index contributed by atoms with van der Waals surface area (Å²) >= 11 is 0. The number of nitrogens with one attached hydrogen (secondary N) is 2. The molecular formula is C18H25FN4O3. The SMILES string of the molecule is O=C(CN1CCN(CC2CCCO2)CC1)NC(=O)Nc1ccccc1F. The van der Waals surface area contributed by atoms with Crippen LogP contribution in [0, 0.1) is 5.82 Å². The first-order chi connectivity index (χ1) is 12.6. The lowest BCUT2D eigenvalue weighted by Crippen LogP contribution is -2.51. The highest BCUT2D eigenvalue weighted by atomic mass is 19.1. The van der Waals surface area contributed by atoms with E-state index in [2.05, 4.69) is 15.5 Å². The molecule has 0 aromatic heterocycles. The summed E-state index contributed by atoms with van der Waals surface area (Å²) in [6.45, 7) is 5.27. The Balaban J connectivity index is 1.36. The normalized spacial score (nSPS) is 21.5. The van der Waals surface area contributed by atoms with Crippen molar-refractivity contribution in [1.29, 1.82) is 0 Å². The number of rotatable bonds is 5. The minimum Gasteiger partial charge on any atom is -0.377 e. The number of para-hydroxylation sites is 1. The van der Waals surface area contributed by atoms with Crippen molar-refractivity contribution in [2.45, 2.75) is 18.9 Å². The molecule has 2 saturated heterocycles. The Kier molecular flexibility index (Phi) is 6.54. The second-order valence-corrected chi connectivity index (χ2v) is 6.69. The third-order valence-electron chi connectivity index (χ3n) is 4.69. The molecule has 3 amide bonds. The van der Waals surface area contributed by atoms with Crippen LogP contribution >= 0.6 is 0 Å². The molecule has 2 heterocycles. The summed E-state index contributed by atoms with van der Waals surface area (Å²) in [5.74, 6) is -0.941. The van der Waals surface area contributed by atoms with Crippen LogP contribution in [0.15, 0.2) is 24.3 Å². The van der Waals surface area contributed by atoms with Gasteiger partial charge in [0.2, 0.25) is 5.91 Å². The average Bonchev–Trinajstić information content (AvgIpc) is 3.11. The third-order valence-corrected chi connectivity index (χ3v) is 4.69. The Morgan fingerprint density at radius 2 is 1.88 bits per heavy atom. The van der Waals surface area contributed by atoms with E-state index >= 15 is 0 Å². The van der Waals surface area contributed by atoms with E-state index in [0.29, 0.717) is 6.10 Å². The Bertz CT molecular complexity index is 629. The standard InChI is InChI=1S/C18H25FN4O3/c19-15-5-1-2-6-16(15)20-18(25)21-17(24)13-23-9-7-22(8-10-23)12-14-4-3-11-26-14/h1-2,5-6,14H,3-4,7-13H2,(H2,20,21,24,25). The fourth-order valence-electron chi connectivity index (χ4n) is 3.29. The summed E-state index contributed by atoms with van der Waals surface area (Å²) in [4.78, 5) is 28.2. The summed E-state index contributed by atoms with van der Waals surface area (Å²) in [7, 11) is 0. The molecule has 0 saturated carbocycles. The van der Waals surface area contributed by atoms with E-state index in [-0.39, 0.29) is 12.2 Å². The van der Waals surface area contributed by atoms with Gasteiger partial charge >= 0.3 is 6.03 Å². The number of benzene rings is 1. The van der Waals surface area contributed by atoms with E-state index in [0.717, 1.165) is 52.2 Å². The van der Waals surface area contributed by atoms with Crippen molar-refractivity contribution in [2.75, 3.05) is 51.2 Å². The molecule has 0 spiro atoms. The van der Waals surface area contributed by atoms with E-state index in [1.807, 2.05) is 4.90 Å². The summed E-state index contributed by atoms with van der Waals surface area (Å²) in [6, 6.07) is 5.09. The number of amides is 3.